The van der Waals surface area contributed by atoms with Crippen molar-refractivity contribution in [1.82, 2.24) is 0 Å². The van der Waals surface area contributed by atoms with E-state index in [1.807, 2.05) is 0 Å². The van der Waals surface area contributed by atoms with Crippen LogP contribution in [0.15, 0.2) is 0 Å². The Morgan fingerprint density at radius 3 is 2.82 bits per heavy atom. The van der Waals surface area contributed by atoms with Crippen molar-refractivity contribution < 1.29 is 4.74 Å². The summed E-state index contributed by atoms with van der Waals surface area (Å²) in [7, 11) is 0. The molecule has 4 rings (SSSR count). The van der Waals surface area contributed by atoms with Crippen LogP contribution in [0.5, 0.6) is 0 Å². The molecule has 2 heteroatoms. The van der Waals surface area contributed by atoms with E-state index in [1.165, 1.54) is 44.9 Å². The summed E-state index contributed by atoms with van der Waals surface area (Å²) in [6.45, 7) is 4.85. The Balaban J connectivity index is 1.50. The van der Waals surface area contributed by atoms with Crippen molar-refractivity contribution in [1.29, 1.82) is 0 Å². The normalized spacial score (nSPS) is 61.1. The number of thioether (sulfide) groups is 1. The highest BCUT2D eigenvalue weighted by molar-refractivity contribution is 8.08. The summed E-state index contributed by atoms with van der Waals surface area (Å²) >= 11 is 2.25. The van der Waals surface area contributed by atoms with E-state index in [0.29, 0.717) is 10.9 Å². The minimum atomic E-state index is 0.287. The zero-order valence-electron chi connectivity index (χ0n) is 11.1. The number of ether oxygens (including phenoxy) is 1. The highest BCUT2D eigenvalue weighted by atomic mass is 32.2. The van der Waals surface area contributed by atoms with E-state index in [-0.39, 0.29) is 5.60 Å². The molecule has 2 heterocycles. The first-order chi connectivity index (χ1) is 8.11. The molecule has 96 valence electrons. The highest BCUT2D eigenvalue weighted by Gasteiger charge is 2.61. The predicted octanol–water partition coefficient (Wildman–Crippen LogP) is 4.01. The Kier molecular flexibility index (Phi) is 2.26. The smallest absolute Gasteiger partial charge is 0.0923 e. The first-order valence-electron chi connectivity index (χ1n) is 7.46. The first kappa shape index (κ1) is 11.2. The van der Waals surface area contributed by atoms with Crippen LogP contribution in [-0.4, -0.2) is 21.7 Å². The fourth-order valence-electron chi connectivity index (χ4n) is 4.68. The van der Waals surface area contributed by atoms with Gasteiger partial charge in [-0.3, -0.25) is 0 Å². The molecule has 4 fully saturated rings. The number of fused-ring (bicyclic) bond motifs is 2. The third-order valence-electron chi connectivity index (χ3n) is 5.90. The molecule has 6 atom stereocenters. The molecular formula is C15H24OS. The van der Waals surface area contributed by atoms with Gasteiger partial charge >= 0.3 is 0 Å². The second-order valence-electron chi connectivity index (χ2n) is 7.22. The molecule has 0 aromatic carbocycles. The minimum absolute atomic E-state index is 0.287. The van der Waals surface area contributed by atoms with Gasteiger partial charge in [0.1, 0.15) is 0 Å². The molecule has 17 heavy (non-hydrogen) atoms. The number of hydrogen-bond acceptors (Lipinski definition) is 2. The van der Waals surface area contributed by atoms with E-state index in [4.69, 9.17) is 4.74 Å². The summed E-state index contributed by atoms with van der Waals surface area (Å²) in [6, 6.07) is 0. The standard InChI is InChI=1S/C15H24OS/c1-14-8-4-3-5-11(13(14)16-14)10-6-7-12-15(2,9-10)17-12/h10-13H,3-9H2,1-2H3. The van der Waals surface area contributed by atoms with Crippen molar-refractivity contribution in [3.8, 4) is 0 Å². The van der Waals surface area contributed by atoms with Gasteiger partial charge < -0.3 is 4.74 Å². The first-order valence-corrected chi connectivity index (χ1v) is 8.34. The summed E-state index contributed by atoms with van der Waals surface area (Å²) in [4.78, 5) is 0. The Morgan fingerprint density at radius 1 is 1.12 bits per heavy atom. The molecule has 1 nitrogen and oxygen atoms in total. The van der Waals surface area contributed by atoms with Crippen molar-refractivity contribution in [3.05, 3.63) is 0 Å². The Morgan fingerprint density at radius 2 is 2.00 bits per heavy atom. The van der Waals surface area contributed by atoms with E-state index in [1.54, 1.807) is 0 Å². The lowest BCUT2D eigenvalue weighted by atomic mass is 9.72. The molecule has 2 aliphatic carbocycles. The molecule has 2 saturated heterocycles. The van der Waals surface area contributed by atoms with Crippen LogP contribution >= 0.6 is 11.8 Å². The molecular weight excluding hydrogens is 228 g/mol. The van der Waals surface area contributed by atoms with Gasteiger partial charge in [-0.05, 0) is 57.8 Å². The van der Waals surface area contributed by atoms with E-state index in [0.717, 1.165) is 17.1 Å². The number of rotatable bonds is 1. The van der Waals surface area contributed by atoms with Gasteiger partial charge in [-0.15, -0.1) is 11.8 Å². The molecule has 0 spiro atoms. The van der Waals surface area contributed by atoms with Crippen LogP contribution in [0.25, 0.3) is 0 Å². The zero-order valence-corrected chi connectivity index (χ0v) is 11.9. The highest BCUT2D eigenvalue weighted by Crippen LogP contribution is 2.65. The zero-order chi connectivity index (χ0) is 11.7. The average Bonchev–Trinajstić information content (AvgIpc) is 3.11. The maximum Gasteiger partial charge on any atom is 0.0923 e. The molecule has 2 saturated carbocycles. The predicted molar refractivity (Wildman–Crippen MR) is 72.4 cm³/mol. The third-order valence-corrected chi connectivity index (χ3v) is 7.67. The number of hydrogen-bond donors (Lipinski definition) is 0. The van der Waals surface area contributed by atoms with E-state index in [2.05, 4.69) is 25.6 Å². The van der Waals surface area contributed by atoms with Gasteiger partial charge in [0.2, 0.25) is 0 Å². The van der Waals surface area contributed by atoms with Gasteiger partial charge in [0.05, 0.1) is 11.7 Å². The fourth-order valence-corrected chi connectivity index (χ4v) is 6.04. The van der Waals surface area contributed by atoms with Gasteiger partial charge in [0.25, 0.3) is 0 Å². The number of epoxide rings is 1. The van der Waals surface area contributed by atoms with Crippen molar-refractivity contribution in [2.75, 3.05) is 0 Å². The van der Waals surface area contributed by atoms with Gasteiger partial charge in [0.15, 0.2) is 0 Å². The largest absolute Gasteiger partial charge is 0.366 e. The molecule has 4 aliphatic rings. The minimum Gasteiger partial charge on any atom is -0.366 e. The van der Waals surface area contributed by atoms with Crippen molar-refractivity contribution >= 4 is 11.8 Å². The summed E-state index contributed by atoms with van der Waals surface area (Å²) in [6.07, 6.45) is 10.7. The van der Waals surface area contributed by atoms with Crippen LogP contribution in [0.3, 0.4) is 0 Å². The second-order valence-corrected chi connectivity index (χ2v) is 8.96. The summed E-state index contributed by atoms with van der Waals surface area (Å²) in [5, 5.41) is 1.01. The fraction of sp³-hybridized carbons (Fsp3) is 1.00. The summed E-state index contributed by atoms with van der Waals surface area (Å²) < 4.78 is 6.75. The molecule has 0 bridgehead atoms. The third kappa shape index (κ3) is 1.70. The topological polar surface area (TPSA) is 12.5 Å². The molecule has 2 aliphatic heterocycles. The van der Waals surface area contributed by atoms with E-state index in [9.17, 15) is 0 Å². The summed E-state index contributed by atoms with van der Waals surface area (Å²) in [5.41, 5.74) is 0.287. The Bertz CT molecular complexity index is 344. The van der Waals surface area contributed by atoms with Crippen LogP contribution in [0, 0.1) is 11.8 Å². The molecule has 6 unspecified atom stereocenters. The van der Waals surface area contributed by atoms with E-state index >= 15 is 0 Å². The lowest BCUT2D eigenvalue weighted by molar-refractivity contribution is 0.175. The molecule has 0 aromatic rings. The average molecular weight is 252 g/mol. The van der Waals surface area contributed by atoms with Gasteiger partial charge in [-0.2, -0.15) is 0 Å². The Labute approximate surface area is 109 Å². The molecule has 0 radical (unpaired) electrons. The van der Waals surface area contributed by atoms with Crippen LogP contribution in [0.1, 0.15) is 58.8 Å². The van der Waals surface area contributed by atoms with Gasteiger partial charge in [-0.25, -0.2) is 0 Å². The van der Waals surface area contributed by atoms with Crippen molar-refractivity contribution in [2.45, 2.75) is 80.5 Å². The van der Waals surface area contributed by atoms with Crippen LogP contribution in [-0.2, 0) is 4.74 Å². The summed E-state index contributed by atoms with van der Waals surface area (Å²) in [5.74, 6) is 1.86. The van der Waals surface area contributed by atoms with Crippen molar-refractivity contribution in [2.24, 2.45) is 11.8 Å². The maximum absolute atomic E-state index is 6.09. The lowest BCUT2D eigenvalue weighted by Crippen LogP contribution is -2.31. The maximum atomic E-state index is 6.09. The SMILES string of the molecule is CC12CCCCC(C3CCC4SC4(C)C3)C1O2. The van der Waals surface area contributed by atoms with E-state index < -0.39 is 0 Å². The lowest BCUT2D eigenvalue weighted by Gasteiger charge is -2.31. The van der Waals surface area contributed by atoms with Crippen LogP contribution < -0.4 is 0 Å². The second kappa shape index (κ2) is 3.45. The van der Waals surface area contributed by atoms with Gasteiger partial charge in [-0.1, -0.05) is 12.8 Å². The van der Waals surface area contributed by atoms with Gasteiger partial charge in [0, 0.05) is 10.00 Å². The van der Waals surface area contributed by atoms with Crippen LogP contribution in [0.2, 0.25) is 0 Å². The van der Waals surface area contributed by atoms with Crippen LogP contribution in [0.4, 0.5) is 0 Å². The quantitative estimate of drug-likeness (QED) is 0.654. The molecule has 0 amide bonds. The van der Waals surface area contributed by atoms with Crippen molar-refractivity contribution in [3.63, 3.8) is 0 Å². The monoisotopic (exact) mass is 252 g/mol. The Hall–Kier alpha value is 0.310. The molecule has 0 N–H and O–H groups in total. The molecule has 0 aromatic heterocycles.